The van der Waals surface area contributed by atoms with Crippen molar-refractivity contribution in [2.75, 3.05) is 13.2 Å². The quantitative estimate of drug-likeness (QED) is 0.581. The van der Waals surface area contributed by atoms with Crippen molar-refractivity contribution in [3.8, 4) is 5.75 Å². The van der Waals surface area contributed by atoms with E-state index >= 15 is 0 Å². The van der Waals surface area contributed by atoms with Gasteiger partial charge in [0.1, 0.15) is 12.3 Å². The summed E-state index contributed by atoms with van der Waals surface area (Å²) in [5, 5.41) is 12.7. The zero-order valence-electron chi connectivity index (χ0n) is 9.60. The van der Waals surface area contributed by atoms with Gasteiger partial charge >= 0.3 is 0 Å². The number of nitrogens with two attached hydrogens (primary N) is 1. The van der Waals surface area contributed by atoms with E-state index in [1.54, 1.807) is 12.1 Å². The minimum Gasteiger partial charge on any atom is -0.493 e. The van der Waals surface area contributed by atoms with Gasteiger partial charge in [-0.15, -0.1) is 0 Å². The summed E-state index contributed by atoms with van der Waals surface area (Å²) in [6.45, 7) is 6.14. The Morgan fingerprint density at radius 3 is 2.75 bits per heavy atom. The minimum atomic E-state index is -0.384. The first-order valence-electron chi connectivity index (χ1n) is 5.40. The monoisotopic (exact) mass is 225 g/mol. The summed E-state index contributed by atoms with van der Waals surface area (Å²) < 4.78 is 5.43. The Morgan fingerprint density at radius 2 is 2.19 bits per heavy atom. The topological polar surface area (TPSA) is 69.0 Å². The van der Waals surface area contributed by atoms with Crippen LogP contribution in [0.4, 0.5) is 5.69 Å². The second-order valence-corrected chi connectivity index (χ2v) is 3.38. The van der Waals surface area contributed by atoms with Crippen LogP contribution in [-0.2, 0) is 6.54 Å². The number of rotatable bonds is 6. The van der Waals surface area contributed by atoms with E-state index in [0.717, 1.165) is 17.9 Å². The van der Waals surface area contributed by atoms with E-state index in [2.05, 4.69) is 5.32 Å². The van der Waals surface area contributed by atoms with E-state index < -0.39 is 0 Å². The van der Waals surface area contributed by atoms with E-state index in [0.29, 0.717) is 13.2 Å². The molecule has 0 spiro atoms. The predicted octanol–water partition coefficient (Wildman–Crippen LogP) is 1.08. The molecule has 1 aromatic rings. The second kappa shape index (κ2) is 6.07. The third kappa shape index (κ3) is 3.20. The summed E-state index contributed by atoms with van der Waals surface area (Å²) in [4.78, 5) is 10.3. The average Bonchev–Trinajstić information content (AvgIpc) is 2.27. The Balaban J connectivity index is 2.95. The zero-order valence-corrected chi connectivity index (χ0v) is 9.60. The van der Waals surface area contributed by atoms with Crippen LogP contribution < -0.4 is 10.1 Å². The highest BCUT2D eigenvalue weighted by Crippen LogP contribution is 2.23. The van der Waals surface area contributed by atoms with E-state index in [1.807, 2.05) is 13.8 Å². The van der Waals surface area contributed by atoms with Gasteiger partial charge in [0.05, 0.1) is 23.6 Å². The highest BCUT2D eigenvalue weighted by Gasteiger charge is 2.12. The molecule has 0 aliphatic rings. The number of nitro groups is 1. The van der Waals surface area contributed by atoms with E-state index in [1.165, 1.54) is 6.07 Å². The summed E-state index contributed by atoms with van der Waals surface area (Å²) in [6, 6.07) is 4.72. The molecule has 0 heterocycles. The molecular formula is C11H17N2O3+. The smallest absolute Gasteiger partial charge is 0.270 e. The first-order valence-corrected chi connectivity index (χ1v) is 5.40. The molecule has 0 saturated heterocycles. The summed E-state index contributed by atoms with van der Waals surface area (Å²) in [7, 11) is 0. The molecule has 1 rings (SSSR count). The number of non-ortho nitro benzene ring substituents is 1. The molecule has 0 aliphatic heterocycles. The fourth-order valence-corrected chi connectivity index (χ4v) is 1.44. The van der Waals surface area contributed by atoms with Gasteiger partial charge in [-0.3, -0.25) is 10.1 Å². The molecule has 88 valence electrons. The highest BCUT2D eigenvalue weighted by atomic mass is 16.6. The Kier molecular flexibility index (Phi) is 4.72. The minimum absolute atomic E-state index is 0.114. The number of nitrogens with zero attached hydrogens (tertiary/aromatic N) is 1. The summed E-state index contributed by atoms with van der Waals surface area (Å²) in [5.74, 6) is 0.734. The normalized spacial score (nSPS) is 10.1. The van der Waals surface area contributed by atoms with Gasteiger partial charge in [-0.25, -0.2) is 0 Å². The number of hydrogen-bond donors (Lipinski definition) is 1. The third-order valence-electron chi connectivity index (χ3n) is 2.21. The summed E-state index contributed by atoms with van der Waals surface area (Å²) >= 11 is 0. The molecule has 0 amide bonds. The lowest BCUT2D eigenvalue weighted by Crippen LogP contribution is -2.81. The van der Waals surface area contributed by atoms with E-state index in [-0.39, 0.29) is 10.6 Å². The van der Waals surface area contributed by atoms with Crippen molar-refractivity contribution >= 4 is 5.69 Å². The van der Waals surface area contributed by atoms with Gasteiger partial charge in [-0.2, -0.15) is 0 Å². The van der Waals surface area contributed by atoms with Crippen molar-refractivity contribution in [3.63, 3.8) is 0 Å². The van der Waals surface area contributed by atoms with Crippen molar-refractivity contribution in [2.45, 2.75) is 20.4 Å². The van der Waals surface area contributed by atoms with Crippen LogP contribution >= 0.6 is 0 Å². The van der Waals surface area contributed by atoms with Crippen molar-refractivity contribution in [1.29, 1.82) is 0 Å². The Hall–Kier alpha value is -1.62. The molecule has 5 heteroatoms. The SMILES string of the molecule is CC[NH2+]Cc1cc([N+](=O)[O-])ccc1OCC. The maximum Gasteiger partial charge on any atom is 0.270 e. The number of hydrogen-bond acceptors (Lipinski definition) is 3. The maximum absolute atomic E-state index is 10.7. The van der Waals surface area contributed by atoms with Crippen LogP contribution in [0.1, 0.15) is 19.4 Å². The van der Waals surface area contributed by atoms with Crippen molar-refractivity contribution in [1.82, 2.24) is 0 Å². The standard InChI is InChI=1S/C11H16N2O3/c1-3-12-8-9-7-10(13(14)15)5-6-11(9)16-4-2/h5-7,12H,3-4,8H2,1-2H3/p+1. The van der Waals surface area contributed by atoms with Gasteiger partial charge in [0.25, 0.3) is 5.69 Å². The zero-order chi connectivity index (χ0) is 12.0. The molecule has 0 unspecified atom stereocenters. The molecule has 0 fully saturated rings. The number of quaternary nitrogens is 1. The maximum atomic E-state index is 10.7. The molecule has 1 aromatic carbocycles. The predicted molar refractivity (Wildman–Crippen MR) is 60.4 cm³/mol. The molecule has 5 nitrogen and oxygen atoms in total. The van der Waals surface area contributed by atoms with Crippen molar-refractivity contribution in [2.24, 2.45) is 0 Å². The molecule has 0 aliphatic carbocycles. The van der Waals surface area contributed by atoms with Crippen LogP contribution in [0, 0.1) is 10.1 Å². The van der Waals surface area contributed by atoms with Crippen molar-refractivity contribution < 1.29 is 15.0 Å². The molecule has 0 atom stereocenters. The molecule has 0 bridgehead atoms. The molecular weight excluding hydrogens is 208 g/mol. The van der Waals surface area contributed by atoms with Gasteiger partial charge in [-0.05, 0) is 19.9 Å². The van der Waals surface area contributed by atoms with Gasteiger partial charge in [0.15, 0.2) is 0 Å². The largest absolute Gasteiger partial charge is 0.493 e. The van der Waals surface area contributed by atoms with Gasteiger partial charge in [-0.1, -0.05) is 0 Å². The van der Waals surface area contributed by atoms with E-state index in [4.69, 9.17) is 4.74 Å². The Morgan fingerprint density at radius 1 is 1.44 bits per heavy atom. The Bertz CT molecular complexity index is 366. The van der Waals surface area contributed by atoms with Crippen LogP contribution in [0.15, 0.2) is 18.2 Å². The number of benzene rings is 1. The molecule has 2 N–H and O–H groups in total. The molecule has 0 saturated carbocycles. The van der Waals surface area contributed by atoms with Crippen LogP contribution in [0.3, 0.4) is 0 Å². The lowest BCUT2D eigenvalue weighted by molar-refractivity contribution is -0.667. The Labute approximate surface area is 94.6 Å². The highest BCUT2D eigenvalue weighted by molar-refractivity contribution is 5.43. The fraction of sp³-hybridized carbons (Fsp3) is 0.455. The van der Waals surface area contributed by atoms with Gasteiger partial charge in [0, 0.05) is 12.1 Å². The van der Waals surface area contributed by atoms with E-state index in [9.17, 15) is 10.1 Å². The molecule has 0 radical (unpaired) electrons. The first kappa shape index (κ1) is 12.4. The molecule has 0 aromatic heterocycles. The van der Waals surface area contributed by atoms with Crippen LogP contribution in [0.2, 0.25) is 0 Å². The van der Waals surface area contributed by atoms with Gasteiger partial charge < -0.3 is 10.1 Å². The summed E-state index contributed by atoms with van der Waals surface area (Å²) in [6.07, 6.45) is 0. The average molecular weight is 225 g/mol. The van der Waals surface area contributed by atoms with Gasteiger partial charge in [0.2, 0.25) is 0 Å². The van der Waals surface area contributed by atoms with Crippen LogP contribution in [0.25, 0.3) is 0 Å². The van der Waals surface area contributed by atoms with Crippen LogP contribution in [0.5, 0.6) is 5.75 Å². The number of ether oxygens (including phenoxy) is 1. The third-order valence-corrected chi connectivity index (χ3v) is 2.21. The molecule has 16 heavy (non-hydrogen) atoms. The second-order valence-electron chi connectivity index (χ2n) is 3.38. The fourth-order valence-electron chi connectivity index (χ4n) is 1.44. The number of nitro benzene ring substituents is 1. The lowest BCUT2D eigenvalue weighted by Gasteiger charge is -2.08. The summed E-state index contributed by atoms with van der Waals surface area (Å²) in [5.41, 5.74) is 0.987. The van der Waals surface area contributed by atoms with Crippen LogP contribution in [-0.4, -0.2) is 18.1 Å². The van der Waals surface area contributed by atoms with Crippen molar-refractivity contribution in [3.05, 3.63) is 33.9 Å². The lowest BCUT2D eigenvalue weighted by atomic mass is 10.1. The first-order chi connectivity index (χ1) is 7.69.